The average molecular weight is 258 g/mol. The van der Waals surface area contributed by atoms with Crippen LogP contribution in [0.25, 0.3) is 0 Å². The van der Waals surface area contributed by atoms with Gasteiger partial charge in [-0.3, -0.25) is 4.98 Å². The second-order valence-corrected chi connectivity index (χ2v) is 4.02. The molecule has 0 aliphatic carbocycles. The third-order valence-electron chi connectivity index (χ3n) is 2.50. The molecule has 0 bridgehead atoms. The van der Waals surface area contributed by atoms with Crippen molar-refractivity contribution in [3.63, 3.8) is 0 Å². The molecule has 100 valence electrons. The minimum absolute atomic E-state index is 0.644. The van der Waals surface area contributed by atoms with E-state index in [1.165, 1.54) is 0 Å². The summed E-state index contributed by atoms with van der Waals surface area (Å²) in [5.74, 6) is 2.34. The van der Waals surface area contributed by atoms with Gasteiger partial charge in [0.1, 0.15) is 17.2 Å². The van der Waals surface area contributed by atoms with Crippen LogP contribution in [0.3, 0.4) is 0 Å². The van der Waals surface area contributed by atoms with Gasteiger partial charge in [-0.05, 0) is 32.2 Å². The number of pyridine rings is 1. The fourth-order valence-corrected chi connectivity index (χ4v) is 1.73. The second kappa shape index (κ2) is 6.75. The zero-order chi connectivity index (χ0) is 13.5. The van der Waals surface area contributed by atoms with Gasteiger partial charge in [-0.25, -0.2) is 0 Å². The van der Waals surface area contributed by atoms with Gasteiger partial charge in [0.25, 0.3) is 0 Å². The molecule has 2 rings (SSSR count). The normalized spacial score (nSPS) is 10.2. The molecule has 0 aliphatic heterocycles. The van der Waals surface area contributed by atoms with Crippen molar-refractivity contribution in [2.75, 3.05) is 13.7 Å². The van der Waals surface area contributed by atoms with E-state index in [0.29, 0.717) is 6.61 Å². The number of aromatic nitrogens is 1. The third kappa shape index (κ3) is 3.96. The fraction of sp³-hybridized carbons (Fsp3) is 0.267. The molecule has 0 fully saturated rings. The summed E-state index contributed by atoms with van der Waals surface area (Å²) in [5.41, 5.74) is 0.945. The molecule has 0 unspecified atom stereocenters. The summed E-state index contributed by atoms with van der Waals surface area (Å²) in [6.07, 6.45) is 1.74. The predicted molar refractivity (Wildman–Crippen MR) is 74.7 cm³/mol. The Morgan fingerprint density at radius 1 is 1.11 bits per heavy atom. The molecule has 1 aromatic heterocycles. The number of nitrogens with zero attached hydrogens (tertiary/aromatic N) is 1. The number of rotatable bonds is 6. The molecule has 2 aromatic rings. The Balaban J connectivity index is 2.11. The standard InChI is InChI=1S/C15H18N2O2/c1-3-18-13-5-4-6-14(10-13)19-15-7-8-17-12(9-15)11-16-2/h4-10,16H,3,11H2,1-2H3. The van der Waals surface area contributed by atoms with Gasteiger partial charge in [-0.2, -0.15) is 0 Å². The fourth-order valence-electron chi connectivity index (χ4n) is 1.73. The van der Waals surface area contributed by atoms with Crippen LogP contribution in [0.4, 0.5) is 0 Å². The Morgan fingerprint density at radius 2 is 1.89 bits per heavy atom. The third-order valence-corrected chi connectivity index (χ3v) is 2.50. The van der Waals surface area contributed by atoms with E-state index in [1.54, 1.807) is 6.20 Å². The first-order valence-electron chi connectivity index (χ1n) is 6.32. The minimum Gasteiger partial charge on any atom is -0.494 e. The van der Waals surface area contributed by atoms with Crippen LogP contribution in [0.1, 0.15) is 12.6 Å². The van der Waals surface area contributed by atoms with E-state index in [2.05, 4.69) is 10.3 Å². The highest BCUT2D eigenvalue weighted by Gasteiger charge is 2.01. The van der Waals surface area contributed by atoms with Crippen molar-refractivity contribution in [3.8, 4) is 17.2 Å². The van der Waals surface area contributed by atoms with Crippen molar-refractivity contribution in [2.45, 2.75) is 13.5 Å². The monoisotopic (exact) mass is 258 g/mol. The summed E-state index contributed by atoms with van der Waals surface area (Å²) < 4.78 is 11.2. The molecule has 1 aromatic carbocycles. The Kier molecular flexibility index (Phi) is 4.75. The highest BCUT2D eigenvalue weighted by atomic mass is 16.5. The van der Waals surface area contributed by atoms with Crippen LogP contribution >= 0.6 is 0 Å². The van der Waals surface area contributed by atoms with Crippen molar-refractivity contribution < 1.29 is 9.47 Å². The number of hydrogen-bond acceptors (Lipinski definition) is 4. The first kappa shape index (κ1) is 13.4. The highest BCUT2D eigenvalue weighted by Crippen LogP contribution is 2.25. The van der Waals surface area contributed by atoms with E-state index in [1.807, 2.05) is 50.4 Å². The number of ether oxygens (including phenoxy) is 2. The van der Waals surface area contributed by atoms with Crippen molar-refractivity contribution in [1.29, 1.82) is 0 Å². The molecule has 0 amide bonds. The Bertz CT molecular complexity index is 482. The van der Waals surface area contributed by atoms with Crippen LogP contribution < -0.4 is 14.8 Å². The molecular weight excluding hydrogens is 240 g/mol. The summed E-state index contributed by atoms with van der Waals surface area (Å²) >= 11 is 0. The molecule has 0 aliphatic rings. The van der Waals surface area contributed by atoms with Gasteiger partial charge < -0.3 is 14.8 Å². The van der Waals surface area contributed by atoms with Gasteiger partial charge in [0.05, 0.1) is 12.3 Å². The van der Waals surface area contributed by atoms with E-state index < -0.39 is 0 Å². The number of benzene rings is 1. The van der Waals surface area contributed by atoms with Gasteiger partial charge in [-0.1, -0.05) is 6.07 Å². The molecule has 4 nitrogen and oxygen atoms in total. The minimum atomic E-state index is 0.644. The quantitative estimate of drug-likeness (QED) is 0.865. The SMILES string of the molecule is CCOc1cccc(Oc2ccnc(CNC)c2)c1. The lowest BCUT2D eigenvalue weighted by Crippen LogP contribution is -2.06. The van der Waals surface area contributed by atoms with Gasteiger partial charge in [0.15, 0.2) is 0 Å². The summed E-state index contributed by atoms with van der Waals surface area (Å²) in [4.78, 5) is 4.25. The van der Waals surface area contributed by atoms with Crippen molar-refractivity contribution in [2.24, 2.45) is 0 Å². The lowest BCUT2D eigenvalue weighted by atomic mass is 10.3. The molecule has 0 spiro atoms. The van der Waals surface area contributed by atoms with Crippen LogP contribution in [0.5, 0.6) is 17.2 Å². The van der Waals surface area contributed by atoms with Crippen LogP contribution in [0, 0.1) is 0 Å². The number of hydrogen-bond donors (Lipinski definition) is 1. The molecule has 4 heteroatoms. The zero-order valence-corrected chi connectivity index (χ0v) is 11.2. The molecule has 0 saturated heterocycles. The van der Waals surface area contributed by atoms with E-state index in [0.717, 1.165) is 29.5 Å². The van der Waals surface area contributed by atoms with Crippen LogP contribution in [-0.4, -0.2) is 18.6 Å². The predicted octanol–water partition coefficient (Wildman–Crippen LogP) is 2.99. The first-order valence-corrected chi connectivity index (χ1v) is 6.32. The molecule has 19 heavy (non-hydrogen) atoms. The Labute approximate surface area is 113 Å². The van der Waals surface area contributed by atoms with E-state index in [4.69, 9.17) is 9.47 Å². The second-order valence-electron chi connectivity index (χ2n) is 4.02. The molecule has 1 N–H and O–H groups in total. The van der Waals surface area contributed by atoms with E-state index in [-0.39, 0.29) is 0 Å². The summed E-state index contributed by atoms with van der Waals surface area (Å²) in [7, 11) is 1.89. The van der Waals surface area contributed by atoms with Crippen molar-refractivity contribution in [1.82, 2.24) is 10.3 Å². The topological polar surface area (TPSA) is 43.4 Å². The lowest BCUT2D eigenvalue weighted by molar-refractivity contribution is 0.338. The van der Waals surface area contributed by atoms with Crippen LogP contribution in [0.2, 0.25) is 0 Å². The number of nitrogens with one attached hydrogen (secondary N) is 1. The van der Waals surface area contributed by atoms with Gasteiger partial charge in [0.2, 0.25) is 0 Å². The van der Waals surface area contributed by atoms with Gasteiger partial charge in [0, 0.05) is 24.9 Å². The summed E-state index contributed by atoms with van der Waals surface area (Å²) in [6.45, 7) is 3.32. The lowest BCUT2D eigenvalue weighted by Gasteiger charge is -2.09. The average Bonchev–Trinajstić information content (AvgIpc) is 2.40. The molecule has 1 heterocycles. The Hall–Kier alpha value is -2.07. The smallest absolute Gasteiger partial charge is 0.131 e. The van der Waals surface area contributed by atoms with Gasteiger partial charge >= 0.3 is 0 Å². The van der Waals surface area contributed by atoms with Crippen LogP contribution in [0.15, 0.2) is 42.6 Å². The molecule has 0 radical (unpaired) electrons. The maximum Gasteiger partial charge on any atom is 0.131 e. The first-order chi connectivity index (χ1) is 9.31. The van der Waals surface area contributed by atoms with Crippen molar-refractivity contribution >= 4 is 0 Å². The van der Waals surface area contributed by atoms with Gasteiger partial charge in [-0.15, -0.1) is 0 Å². The largest absolute Gasteiger partial charge is 0.494 e. The summed E-state index contributed by atoms with van der Waals surface area (Å²) in [6, 6.07) is 11.4. The molecule has 0 saturated carbocycles. The molecular formula is C15H18N2O2. The Morgan fingerprint density at radius 3 is 2.68 bits per heavy atom. The van der Waals surface area contributed by atoms with E-state index >= 15 is 0 Å². The molecule has 0 atom stereocenters. The maximum absolute atomic E-state index is 5.80. The summed E-state index contributed by atoms with van der Waals surface area (Å²) in [5, 5.41) is 3.06. The zero-order valence-electron chi connectivity index (χ0n) is 11.2. The highest BCUT2D eigenvalue weighted by molar-refractivity contribution is 5.36. The van der Waals surface area contributed by atoms with Crippen molar-refractivity contribution in [3.05, 3.63) is 48.3 Å². The van der Waals surface area contributed by atoms with E-state index in [9.17, 15) is 0 Å². The maximum atomic E-state index is 5.80. The van der Waals surface area contributed by atoms with Crippen LogP contribution in [-0.2, 0) is 6.54 Å².